The van der Waals surface area contributed by atoms with Crippen molar-refractivity contribution in [1.29, 1.82) is 0 Å². The van der Waals surface area contributed by atoms with Crippen molar-refractivity contribution in [3.8, 4) is 5.75 Å². The van der Waals surface area contributed by atoms with E-state index in [-0.39, 0.29) is 12.2 Å². The average Bonchev–Trinajstić information content (AvgIpc) is 2.75. The van der Waals surface area contributed by atoms with Crippen molar-refractivity contribution >= 4 is 17.0 Å². The van der Waals surface area contributed by atoms with Crippen molar-refractivity contribution in [2.45, 2.75) is 32.6 Å². The average molecular weight is 248 g/mol. The van der Waals surface area contributed by atoms with Gasteiger partial charge in [-0.2, -0.15) is 0 Å². The molecule has 0 saturated carbocycles. The number of rotatable bonds is 5. The van der Waals surface area contributed by atoms with E-state index < -0.39 is 5.97 Å². The number of benzene rings is 1. The molecule has 2 rings (SSSR count). The second-order valence-corrected chi connectivity index (χ2v) is 4.41. The Morgan fingerprint density at radius 3 is 2.83 bits per heavy atom. The Morgan fingerprint density at radius 1 is 1.39 bits per heavy atom. The summed E-state index contributed by atoms with van der Waals surface area (Å²) >= 11 is 0. The minimum Gasteiger partial charge on any atom is -0.506 e. The highest BCUT2D eigenvalue weighted by atomic mass is 16.4. The lowest BCUT2D eigenvalue weighted by atomic mass is 10.2. The summed E-state index contributed by atoms with van der Waals surface area (Å²) in [6, 6.07) is 3.47. The van der Waals surface area contributed by atoms with E-state index in [9.17, 15) is 9.90 Å². The molecule has 18 heavy (non-hydrogen) atoms. The number of nitrogens with one attached hydrogen (secondary N) is 1. The molecular formula is C13H16N2O3. The highest BCUT2D eigenvalue weighted by Crippen LogP contribution is 2.25. The minimum absolute atomic E-state index is 0.185. The minimum atomic E-state index is -0.770. The molecule has 1 aromatic heterocycles. The van der Waals surface area contributed by atoms with Gasteiger partial charge in [-0.1, -0.05) is 6.07 Å². The Bertz CT molecular complexity index is 536. The van der Waals surface area contributed by atoms with Crippen LogP contribution in [-0.4, -0.2) is 26.2 Å². The smallest absolute Gasteiger partial charge is 0.303 e. The predicted octanol–water partition coefficient (Wildman–Crippen LogP) is 2.37. The number of phenolic OH excluding ortho intramolecular Hbond substituents is 1. The van der Waals surface area contributed by atoms with Crippen molar-refractivity contribution in [2.24, 2.45) is 0 Å². The maximum absolute atomic E-state index is 10.4. The maximum atomic E-state index is 10.4. The second-order valence-electron chi connectivity index (χ2n) is 4.41. The molecule has 0 aliphatic rings. The molecule has 0 saturated heterocycles. The number of phenols is 1. The number of aromatic amines is 1. The molecule has 0 fully saturated rings. The van der Waals surface area contributed by atoms with Gasteiger partial charge in [0.15, 0.2) is 0 Å². The van der Waals surface area contributed by atoms with Crippen LogP contribution in [0.2, 0.25) is 0 Å². The third-order valence-electron chi connectivity index (χ3n) is 2.93. The fraction of sp³-hybridized carbons (Fsp3) is 0.385. The number of fused-ring (bicyclic) bond motifs is 1. The van der Waals surface area contributed by atoms with E-state index in [1.807, 2.05) is 13.0 Å². The first-order valence-electron chi connectivity index (χ1n) is 5.97. The summed E-state index contributed by atoms with van der Waals surface area (Å²) in [5.41, 5.74) is 2.45. The molecule has 2 aromatic rings. The van der Waals surface area contributed by atoms with Gasteiger partial charge in [0.25, 0.3) is 0 Å². The van der Waals surface area contributed by atoms with Gasteiger partial charge in [-0.25, -0.2) is 4.98 Å². The Morgan fingerprint density at radius 2 is 2.17 bits per heavy atom. The lowest BCUT2D eigenvalue weighted by Crippen LogP contribution is -1.95. The van der Waals surface area contributed by atoms with E-state index in [1.54, 1.807) is 6.07 Å². The van der Waals surface area contributed by atoms with Crippen LogP contribution in [0.1, 0.15) is 30.7 Å². The topological polar surface area (TPSA) is 86.2 Å². The number of imidazole rings is 1. The third-order valence-corrected chi connectivity index (χ3v) is 2.93. The third kappa shape index (κ3) is 2.61. The number of H-pyrrole nitrogens is 1. The highest BCUT2D eigenvalue weighted by molar-refractivity contribution is 5.84. The van der Waals surface area contributed by atoms with Gasteiger partial charge < -0.3 is 15.2 Å². The van der Waals surface area contributed by atoms with Crippen molar-refractivity contribution in [2.75, 3.05) is 0 Å². The van der Waals surface area contributed by atoms with Gasteiger partial charge in [0.2, 0.25) is 0 Å². The van der Waals surface area contributed by atoms with E-state index in [2.05, 4.69) is 9.97 Å². The molecule has 0 atom stereocenters. The van der Waals surface area contributed by atoms with Crippen LogP contribution in [0, 0.1) is 6.92 Å². The van der Waals surface area contributed by atoms with Crippen LogP contribution < -0.4 is 0 Å². The van der Waals surface area contributed by atoms with Crippen LogP contribution in [0.3, 0.4) is 0 Å². The summed E-state index contributed by atoms with van der Waals surface area (Å²) < 4.78 is 0. The predicted molar refractivity (Wildman–Crippen MR) is 67.7 cm³/mol. The Hall–Kier alpha value is -2.04. The molecule has 5 heteroatoms. The number of carboxylic acid groups (broad SMARTS) is 1. The van der Waals surface area contributed by atoms with Crippen LogP contribution in [0.15, 0.2) is 12.1 Å². The van der Waals surface area contributed by atoms with Gasteiger partial charge in [-0.15, -0.1) is 0 Å². The number of hydrogen-bond acceptors (Lipinski definition) is 3. The largest absolute Gasteiger partial charge is 0.506 e. The summed E-state index contributed by atoms with van der Waals surface area (Å²) in [7, 11) is 0. The lowest BCUT2D eigenvalue weighted by Gasteiger charge is -1.95. The van der Waals surface area contributed by atoms with Gasteiger partial charge >= 0.3 is 5.97 Å². The summed E-state index contributed by atoms with van der Waals surface area (Å²) in [5, 5.41) is 18.2. The summed E-state index contributed by atoms with van der Waals surface area (Å²) in [6.07, 6.45) is 2.29. The van der Waals surface area contributed by atoms with Crippen molar-refractivity contribution < 1.29 is 15.0 Å². The van der Waals surface area contributed by atoms with E-state index in [0.29, 0.717) is 18.4 Å². The maximum Gasteiger partial charge on any atom is 0.303 e. The summed E-state index contributed by atoms with van der Waals surface area (Å²) in [6.45, 7) is 1.94. The number of aryl methyl sites for hydroxylation is 2. The fourth-order valence-electron chi connectivity index (χ4n) is 1.95. The fourth-order valence-corrected chi connectivity index (χ4v) is 1.95. The number of aromatic nitrogens is 2. The summed E-state index contributed by atoms with van der Waals surface area (Å²) in [5.74, 6) is 0.216. The zero-order chi connectivity index (χ0) is 13.1. The van der Waals surface area contributed by atoms with Gasteiger partial charge in [0, 0.05) is 12.8 Å². The molecule has 1 aromatic carbocycles. The second kappa shape index (κ2) is 5.08. The van der Waals surface area contributed by atoms with E-state index in [1.165, 1.54) is 0 Å². The Labute approximate surface area is 104 Å². The van der Waals surface area contributed by atoms with Gasteiger partial charge in [-0.3, -0.25) is 4.79 Å². The van der Waals surface area contributed by atoms with Crippen LogP contribution in [0.4, 0.5) is 0 Å². The van der Waals surface area contributed by atoms with E-state index >= 15 is 0 Å². The van der Waals surface area contributed by atoms with Crippen molar-refractivity contribution in [1.82, 2.24) is 9.97 Å². The number of carbonyl (C=O) groups is 1. The highest BCUT2D eigenvalue weighted by Gasteiger charge is 2.09. The number of carboxylic acids is 1. The molecule has 3 N–H and O–H groups in total. The molecule has 0 aliphatic carbocycles. The first-order chi connectivity index (χ1) is 8.58. The molecule has 0 amide bonds. The number of unbranched alkanes of at least 4 members (excludes halogenated alkanes) is 1. The zero-order valence-corrected chi connectivity index (χ0v) is 10.2. The van der Waals surface area contributed by atoms with Crippen LogP contribution >= 0.6 is 0 Å². The zero-order valence-electron chi connectivity index (χ0n) is 10.2. The standard InChI is InChI=1S/C13H16N2O3/c1-8-6-7-9(16)13-12(8)14-10(15-13)4-2-3-5-11(17)18/h6-7,16H,2-5H2,1H3,(H,14,15)(H,17,18). The van der Waals surface area contributed by atoms with Gasteiger partial charge in [0.05, 0.1) is 5.52 Å². The van der Waals surface area contributed by atoms with Gasteiger partial charge in [0.1, 0.15) is 17.1 Å². The SMILES string of the molecule is Cc1ccc(O)c2[nH]c(CCCCC(=O)O)nc12. The first kappa shape index (κ1) is 12.4. The lowest BCUT2D eigenvalue weighted by molar-refractivity contribution is -0.137. The van der Waals surface area contributed by atoms with Crippen LogP contribution in [-0.2, 0) is 11.2 Å². The van der Waals surface area contributed by atoms with Crippen LogP contribution in [0.25, 0.3) is 11.0 Å². The normalized spacial score (nSPS) is 10.9. The molecular weight excluding hydrogens is 232 g/mol. The molecule has 0 aliphatic heterocycles. The molecule has 5 nitrogen and oxygen atoms in total. The molecule has 0 spiro atoms. The van der Waals surface area contributed by atoms with Crippen LogP contribution in [0.5, 0.6) is 5.75 Å². The molecule has 0 unspecified atom stereocenters. The van der Waals surface area contributed by atoms with E-state index in [4.69, 9.17) is 5.11 Å². The number of hydrogen-bond donors (Lipinski definition) is 3. The van der Waals surface area contributed by atoms with E-state index in [0.717, 1.165) is 23.3 Å². The van der Waals surface area contributed by atoms with Crippen molar-refractivity contribution in [3.63, 3.8) is 0 Å². The quantitative estimate of drug-likeness (QED) is 0.709. The number of nitrogens with zero attached hydrogens (tertiary/aromatic N) is 1. The monoisotopic (exact) mass is 248 g/mol. The molecule has 1 heterocycles. The Kier molecular flexibility index (Phi) is 3.50. The molecule has 96 valence electrons. The first-order valence-corrected chi connectivity index (χ1v) is 5.97. The Balaban J connectivity index is 2.08. The van der Waals surface area contributed by atoms with Gasteiger partial charge in [-0.05, 0) is 31.4 Å². The number of aromatic hydroxyl groups is 1. The molecule has 0 radical (unpaired) electrons. The molecule has 0 bridgehead atoms. The van der Waals surface area contributed by atoms with Crippen molar-refractivity contribution in [3.05, 3.63) is 23.5 Å². The number of aliphatic carboxylic acids is 1. The summed E-state index contributed by atoms with van der Waals surface area (Å²) in [4.78, 5) is 17.9.